The lowest BCUT2D eigenvalue weighted by atomic mass is 9.97. The lowest BCUT2D eigenvalue weighted by molar-refractivity contribution is -0.153. The highest BCUT2D eigenvalue weighted by Gasteiger charge is 2.27. The van der Waals surface area contributed by atoms with Crippen LogP contribution in [0.4, 0.5) is 5.69 Å². The molecular formula is C20H26N4O7S. The molecule has 0 fully saturated rings. The molecular weight excluding hydrogens is 440 g/mol. The van der Waals surface area contributed by atoms with Crippen molar-refractivity contribution in [3.05, 3.63) is 57.4 Å². The van der Waals surface area contributed by atoms with Gasteiger partial charge in [-0.2, -0.15) is 4.31 Å². The lowest BCUT2D eigenvalue weighted by Gasteiger charge is -2.24. The summed E-state index contributed by atoms with van der Waals surface area (Å²) < 4.78 is 33.6. The van der Waals surface area contributed by atoms with E-state index in [4.69, 9.17) is 4.74 Å². The smallest absolute Gasteiger partial charge is 0.329 e. The Balaban J connectivity index is 2.32. The molecule has 1 aromatic carbocycles. The number of ether oxygens (including phenoxy) is 1. The van der Waals surface area contributed by atoms with E-state index in [0.717, 1.165) is 14.9 Å². The zero-order valence-corrected chi connectivity index (χ0v) is 19.1. The quantitative estimate of drug-likeness (QED) is 0.545. The highest BCUT2D eigenvalue weighted by Crippen LogP contribution is 2.20. The number of anilines is 1. The maximum Gasteiger partial charge on any atom is 0.329 e. The molecule has 11 nitrogen and oxygen atoms in total. The third kappa shape index (κ3) is 6.62. The molecule has 0 atom stereocenters. The summed E-state index contributed by atoms with van der Waals surface area (Å²) in [5.41, 5.74) is -1.75. The molecule has 0 radical (unpaired) electrons. The van der Waals surface area contributed by atoms with E-state index in [1.165, 1.54) is 37.4 Å². The molecule has 0 saturated heterocycles. The summed E-state index contributed by atoms with van der Waals surface area (Å²) in [7, 11) is -4.13. The summed E-state index contributed by atoms with van der Waals surface area (Å²) in [5, 5.41) is 2.54. The normalized spacial score (nSPS) is 11.9. The van der Waals surface area contributed by atoms with Gasteiger partial charge in [-0.05, 0) is 45.0 Å². The van der Waals surface area contributed by atoms with E-state index in [1.54, 1.807) is 20.8 Å². The number of carbonyl (C=O) groups is 2. The van der Waals surface area contributed by atoms with Crippen LogP contribution in [0.2, 0.25) is 0 Å². The van der Waals surface area contributed by atoms with Crippen LogP contribution < -0.4 is 16.6 Å². The number of nitrogens with one attached hydrogen (secondary N) is 2. The lowest BCUT2D eigenvalue weighted by Crippen LogP contribution is -2.41. The first-order valence-electron chi connectivity index (χ1n) is 9.65. The topological polar surface area (TPSA) is 148 Å². The van der Waals surface area contributed by atoms with Gasteiger partial charge in [-0.15, -0.1) is 0 Å². The van der Waals surface area contributed by atoms with Crippen molar-refractivity contribution in [2.24, 2.45) is 5.41 Å². The van der Waals surface area contributed by atoms with Crippen molar-refractivity contribution in [1.29, 1.82) is 0 Å². The Labute approximate surface area is 185 Å². The van der Waals surface area contributed by atoms with Crippen LogP contribution in [0.15, 0.2) is 51.0 Å². The maximum atomic E-state index is 13.2. The van der Waals surface area contributed by atoms with Crippen molar-refractivity contribution in [2.45, 2.75) is 39.3 Å². The number of sulfonamides is 1. The number of hydrogen-bond acceptors (Lipinski definition) is 7. The summed E-state index contributed by atoms with van der Waals surface area (Å²) in [6.45, 7) is 5.44. The van der Waals surface area contributed by atoms with Crippen LogP contribution in [0.3, 0.4) is 0 Å². The Hall–Kier alpha value is -3.25. The van der Waals surface area contributed by atoms with E-state index in [9.17, 15) is 27.6 Å². The highest BCUT2D eigenvalue weighted by molar-refractivity contribution is 7.89. The van der Waals surface area contributed by atoms with Gasteiger partial charge in [0.25, 0.3) is 5.56 Å². The molecule has 0 unspecified atom stereocenters. The second-order valence-corrected chi connectivity index (χ2v) is 9.93. The Bertz CT molecular complexity index is 1190. The number of hydrogen-bond donors (Lipinski definition) is 2. The standard InChI is InChI=1S/C20H26N4O7S/c1-14(25)21-15-5-7-16(8-6-15)32(29,30)24(11-12-31-18(27)20(2,3)4)13-23-10-9-17(26)22-19(23)28/h5-10H,11-13H2,1-4H3,(H,21,25)(H,22,26,28). The SMILES string of the molecule is CC(=O)Nc1ccc(S(=O)(=O)N(CCOC(=O)C(C)(C)C)Cn2ccc(=O)[nH]c2=O)cc1. The van der Waals surface area contributed by atoms with Crippen molar-refractivity contribution < 1.29 is 22.7 Å². The zero-order chi connectivity index (χ0) is 24.1. The largest absolute Gasteiger partial charge is 0.464 e. The van der Waals surface area contributed by atoms with Crippen LogP contribution >= 0.6 is 0 Å². The number of esters is 1. The van der Waals surface area contributed by atoms with E-state index in [0.29, 0.717) is 5.69 Å². The van der Waals surface area contributed by atoms with E-state index in [-0.39, 0.29) is 24.0 Å². The Kier molecular flexibility index (Phi) is 7.75. The van der Waals surface area contributed by atoms with Gasteiger partial charge in [-0.25, -0.2) is 13.2 Å². The monoisotopic (exact) mass is 466 g/mol. The van der Waals surface area contributed by atoms with Crippen molar-refractivity contribution in [3.63, 3.8) is 0 Å². The fourth-order valence-corrected chi connectivity index (χ4v) is 3.88. The summed E-state index contributed by atoms with van der Waals surface area (Å²) in [5.74, 6) is -0.809. The molecule has 2 aromatic rings. The van der Waals surface area contributed by atoms with Gasteiger partial charge >= 0.3 is 11.7 Å². The van der Waals surface area contributed by atoms with Gasteiger partial charge in [0.15, 0.2) is 0 Å². The molecule has 12 heteroatoms. The average Bonchev–Trinajstić information content (AvgIpc) is 2.68. The number of aromatic nitrogens is 2. The van der Waals surface area contributed by atoms with Crippen LogP contribution in [0.1, 0.15) is 27.7 Å². The first-order chi connectivity index (χ1) is 14.8. The predicted octanol–water partition coefficient (Wildman–Crippen LogP) is 0.733. The first-order valence-corrected chi connectivity index (χ1v) is 11.1. The van der Waals surface area contributed by atoms with E-state index < -0.39 is 39.3 Å². The summed E-state index contributed by atoms with van der Waals surface area (Å²) in [6.07, 6.45) is 1.17. The summed E-state index contributed by atoms with van der Waals surface area (Å²) in [4.78, 5) is 48.5. The summed E-state index contributed by atoms with van der Waals surface area (Å²) >= 11 is 0. The van der Waals surface area contributed by atoms with Gasteiger partial charge in [-0.3, -0.25) is 23.9 Å². The van der Waals surface area contributed by atoms with Crippen molar-refractivity contribution in [2.75, 3.05) is 18.5 Å². The fraction of sp³-hybridized carbons (Fsp3) is 0.400. The molecule has 0 saturated carbocycles. The predicted molar refractivity (Wildman–Crippen MR) is 116 cm³/mol. The molecule has 2 N–H and O–H groups in total. The second kappa shape index (κ2) is 9.92. The molecule has 0 aliphatic rings. The Morgan fingerprint density at radius 2 is 1.75 bits per heavy atom. The Morgan fingerprint density at radius 1 is 1.12 bits per heavy atom. The molecule has 0 aliphatic heterocycles. The van der Waals surface area contributed by atoms with Gasteiger partial charge in [0.05, 0.1) is 23.5 Å². The average molecular weight is 467 g/mol. The molecule has 0 bridgehead atoms. The molecule has 0 spiro atoms. The summed E-state index contributed by atoms with van der Waals surface area (Å²) in [6, 6.07) is 6.57. The third-order valence-corrected chi connectivity index (χ3v) is 6.05. The number of benzene rings is 1. The molecule has 174 valence electrons. The number of aromatic amines is 1. The fourth-order valence-electron chi connectivity index (χ4n) is 2.51. The van der Waals surface area contributed by atoms with Crippen LogP contribution in [-0.2, 0) is 31.0 Å². The van der Waals surface area contributed by atoms with Crippen molar-refractivity contribution in [3.8, 4) is 0 Å². The molecule has 1 aromatic heterocycles. The number of rotatable bonds is 8. The maximum absolute atomic E-state index is 13.2. The van der Waals surface area contributed by atoms with E-state index in [2.05, 4.69) is 10.3 Å². The van der Waals surface area contributed by atoms with Gasteiger partial charge in [0, 0.05) is 24.9 Å². The highest BCUT2D eigenvalue weighted by atomic mass is 32.2. The van der Waals surface area contributed by atoms with Gasteiger partial charge in [0.2, 0.25) is 15.9 Å². The van der Waals surface area contributed by atoms with Gasteiger partial charge in [-0.1, -0.05) is 0 Å². The molecule has 32 heavy (non-hydrogen) atoms. The molecule has 2 rings (SSSR count). The molecule has 1 heterocycles. The van der Waals surface area contributed by atoms with E-state index in [1.807, 2.05) is 0 Å². The van der Waals surface area contributed by atoms with Crippen LogP contribution in [0.25, 0.3) is 0 Å². The van der Waals surface area contributed by atoms with Gasteiger partial charge in [0.1, 0.15) is 6.61 Å². The number of carbonyl (C=O) groups excluding carboxylic acids is 2. The minimum atomic E-state index is -4.13. The zero-order valence-electron chi connectivity index (χ0n) is 18.2. The molecule has 1 amide bonds. The van der Waals surface area contributed by atoms with Crippen LogP contribution in [0.5, 0.6) is 0 Å². The van der Waals surface area contributed by atoms with Crippen LogP contribution in [-0.4, -0.2) is 47.3 Å². The van der Waals surface area contributed by atoms with Crippen molar-refractivity contribution in [1.82, 2.24) is 13.9 Å². The van der Waals surface area contributed by atoms with Crippen LogP contribution in [0, 0.1) is 5.41 Å². The minimum absolute atomic E-state index is 0.0915. The van der Waals surface area contributed by atoms with E-state index >= 15 is 0 Å². The number of amides is 1. The second-order valence-electron chi connectivity index (χ2n) is 7.99. The minimum Gasteiger partial charge on any atom is -0.464 e. The van der Waals surface area contributed by atoms with Crippen molar-refractivity contribution >= 4 is 27.6 Å². The molecule has 0 aliphatic carbocycles. The number of H-pyrrole nitrogens is 1. The number of nitrogens with zero attached hydrogens (tertiary/aromatic N) is 2. The van der Waals surface area contributed by atoms with Gasteiger partial charge < -0.3 is 10.1 Å². The first kappa shape index (κ1) is 25.0. The Morgan fingerprint density at radius 3 is 2.28 bits per heavy atom. The third-order valence-electron chi connectivity index (χ3n) is 4.21.